The van der Waals surface area contributed by atoms with Gasteiger partial charge in [-0.1, -0.05) is 25.5 Å². The average Bonchev–Trinajstić information content (AvgIpc) is 1.81. The summed E-state index contributed by atoms with van der Waals surface area (Å²) in [6.07, 6.45) is 6.22. The Morgan fingerprint density at radius 2 is 2.25 bits per heavy atom. The van der Waals surface area contributed by atoms with Crippen molar-refractivity contribution in [2.24, 2.45) is 0 Å². The highest BCUT2D eigenvalue weighted by atomic mass is 16.5. The molecule has 48 valence electrons. The van der Waals surface area contributed by atoms with Crippen LogP contribution in [0, 0.1) is 0 Å². The molecule has 0 amide bonds. The lowest BCUT2D eigenvalue weighted by Crippen LogP contribution is -2.04. The molecule has 0 spiro atoms. The first kappa shape index (κ1) is 7.66. The Morgan fingerprint density at radius 1 is 1.50 bits per heavy atom. The third-order valence-corrected chi connectivity index (χ3v) is 0.831. The summed E-state index contributed by atoms with van der Waals surface area (Å²) >= 11 is 0. The fourth-order valence-electron chi connectivity index (χ4n) is 0.421. The van der Waals surface area contributed by atoms with Crippen molar-refractivity contribution in [2.75, 3.05) is 6.54 Å². The van der Waals surface area contributed by atoms with Crippen molar-refractivity contribution in [3.63, 3.8) is 0 Å². The van der Waals surface area contributed by atoms with E-state index in [2.05, 4.69) is 6.92 Å². The van der Waals surface area contributed by atoms with E-state index in [1.165, 1.54) is 6.42 Å². The molecule has 2 N–H and O–H groups in total. The monoisotopic (exact) mass is 115 g/mol. The first-order valence-electron chi connectivity index (χ1n) is 2.93. The Bertz CT molecular complexity index is 53.5. The van der Waals surface area contributed by atoms with Crippen LogP contribution in [0.2, 0.25) is 0 Å². The minimum atomic E-state index is 0.556. The van der Waals surface area contributed by atoms with Crippen LogP contribution in [0.5, 0.6) is 0 Å². The molecule has 0 aliphatic carbocycles. The van der Waals surface area contributed by atoms with E-state index in [-0.39, 0.29) is 0 Å². The molecule has 0 radical (unpaired) electrons. The molecule has 8 heavy (non-hydrogen) atoms. The van der Waals surface area contributed by atoms with Gasteiger partial charge in [-0.05, 0) is 6.42 Å². The van der Waals surface area contributed by atoms with Gasteiger partial charge in [-0.2, -0.15) is 0 Å². The van der Waals surface area contributed by atoms with Crippen molar-refractivity contribution in [1.82, 2.24) is 5.48 Å². The Kier molecular flexibility index (Phi) is 6.38. The Labute approximate surface area is 50.2 Å². The molecule has 0 aliphatic heterocycles. The average molecular weight is 115 g/mol. The van der Waals surface area contributed by atoms with Gasteiger partial charge in [0.2, 0.25) is 0 Å². The highest BCUT2D eigenvalue weighted by Crippen LogP contribution is 1.85. The van der Waals surface area contributed by atoms with Gasteiger partial charge in [0.15, 0.2) is 0 Å². The summed E-state index contributed by atoms with van der Waals surface area (Å²) in [5.74, 6) is 0. The molecule has 2 heteroatoms. The lowest BCUT2D eigenvalue weighted by atomic mass is 10.3. The van der Waals surface area contributed by atoms with Crippen molar-refractivity contribution in [1.29, 1.82) is 0 Å². The molecular weight excluding hydrogens is 102 g/mol. The van der Waals surface area contributed by atoms with Crippen LogP contribution in [0.15, 0.2) is 12.2 Å². The topological polar surface area (TPSA) is 32.3 Å². The van der Waals surface area contributed by atoms with E-state index in [1.807, 2.05) is 17.6 Å². The molecule has 0 rings (SSSR count). The van der Waals surface area contributed by atoms with Crippen LogP contribution >= 0.6 is 0 Å². The van der Waals surface area contributed by atoms with Gasteiger partial charge < -0.3 is 5.21 Å². The van der Waals surface area contributed by atoms with Gasteiger partial charge in [0, 0.05) is 6.54 Å². The van der Waals surface area contributed by atoms with Crippen LogP contribution < -0.4 is 5.48 Å². The zero-order valence-corrected chi connectivity index (χ0v) is 5.22. The number of allylic oxidation sites excluding steroid dienone is 1. The molecule has 0 aromatic carbocycles. The second kappa shape index (κ2) is 6.66. The number of hydrogen-bond donors (Lipinski definition) is 2. The molecule has 0 atom stereocenters. The van der Waals surface area contributed by atoms with Crippen LogP contribution in [0.4, 0.5) is 0 Å². The normalized spacial score (nSPS) is 10.8. The molecule has 0 fully saturated rings. The molecule has 0 heterocycles. The number of hydrogen-bond acceptors (Lipinski definition) is 2. The molecule has 0 aromatic heterocycles. The Morgan fingerprint density at radius 3 is 2.75 bits per heavy atom. The number of nitrogens with one attached hydrogen (secondary N) is 1. The van der Waals surface area contributed by atoms with Crippen LogP contribution in [0.1, 0.15) is 19.8 Å². The summed E-state index contributed by atoms with van der Waals surface area (Å²) in [6, 6.07) is 0. The van der Waals surface area contributed by atoms with E-state index >= 15 is 0 Å². The van der Waals surface area contributed by atoms with Crippen LogP contribution in [0.25, 0.3) is 0 Å². The lowest BCUT2D eigenvalue weighted by Gasteiger charge is -1.85. The highest BCUT2D eigenvalue weighted by Gasteiger charge is 1.71. The first-order chi connectivity index (χ1) is 3.91. The van der Waals surface area contributed by atoms with E-state index in [0.717, 1.165) is 6.42 Å². The Balaban J connectivity index is 2.83. The molecule has 0 saturated carbocycles. The molecule has 0 aromatic rings. The first-order valence-corrected chi connectivity index (χ1v) is 2.93. The van der Waals surface area contributed by atoms with Crippen molar-refractivity contribution in [2.45, 2.75) is 19.8 Å². The highest BCUT2D eigenvalue weighted by molar-refractivity contribution is 4.81. The van der Waals surface area contributed by atoms with Gasteiger partial charge in [-0.25, -0.2) is 5.48 Å². The molecule has 2 nitrogen and oxygen atoms in total. The minimum absolute atomic E-state index is 0.556. The predicted octanol–water partition coefficient (Wildman–Crippen LogP) is 1.32. The van der Waals surface area contributed by atoms with E-state index in [1.54, 1.807) is 0 Å². The van der Waals surface area contributed by atoms with Gasteiger partial charge in [0.1, 0.15) is 0 Å². The van der Waals surface area contributed by atoms with Gasteiger partial charge >= 0.3 is 0 Å². The second-order valence-electron chi connectivity index (χ2n) is 1.62. The van der Waals surface area contributed by atoms with Crippen molar-refractivity contribution >= 4 is 0 Å². The van der Waals surface area contributed by atoms with Gasteiger partial charge in [0.05, 0.1) is 0 Å². The van der Waals surface area contributed by atoms with Gasteiger partial charge in [0.25, 0.3) is 0 Å². The maximum Gasteiger partial charge on any atom is 0.0388 e. The number of hydroxylamine groups is 1. The standard InChI is InChI=1S/C6H13NO/c1-2-3-4-5-6-7-8/h4-5,7-8H,2-3,6H2,1H3. The maximum absolute atomic E-state index is 8.06. The van der Waals surface area contributed by atoms with E-state index in [0.29, 0.717) is 6.54 Å². The number of unbranched alkanes of at least 4 members (excludes halogenated alkanes) is 1. The lowest BCUT2D eigenvalue weighted by molar-refractivity contribution is 0.179. The molecule has 0 saturated heterocycles. The third-order valence-electron chi connectivity index (χ3n) is 0.831. The maximum atomic E-state index is 8.06. The fourth-order valence-corrected chi connectivity index (χ4v) is 0.421. The van der Waals surface area contributed by atoms with Gasteiger partial charge in [-0.15, -0.1) is 0 Å². The van der Waals surface area contributed by atoms with Crippen molar-refractivity contribution in [3.8, 4) is 0 Å². The van der Waals surface area contributed by atoms with Crippen LogP contribution in [-0.2, 0) is 0 Å². The van der Waals surface area contributed by atoms with Gasteiger partial charge in [-0.3, -0.25) is 0 Å². The second-order valence-corrected chi connectivity index (χ2v) is 1.62. The summed E-state index contributed by atoms with van der Waals surface area (Å²) in [5, 5.41) is 8.06. The molecule has 0 bridgehead atoms. The zero-order valence-electron chi connectivity index (χ0n) is 5.22. The molecule has 0 aliphatic rings. The van der Waals surface area contributed by atoms with E-state index < -0.39 is 0 Å². The molecular formula is C6H13NO. The van der Waals surface area contributed by atoms with E-state index in [9.17, 15) is 0 Å². The summed E-state index contributed by atoms with van der Waals surface area (Å²) in [6.45, 7) is 2.68. The third kappa shape index (κ3) is 5.66. The predicted molar refractivity (Wildman–Crippen MR) is 33.8 cm³/mol. The van der Waals surface area contributed by atoms with E-state index in [4.69, 9.17) is 5.21 Å². The van der Waals surface area contributed by atoms with Crippen molar-refractivity contribution in [3.05, 3.63) is 12.2 Å². The quantitative estimate of drug-likeness (QED) is 0.428. The fraction of sp³-hybridized carbons (Fsp3) is 0.667. The van der Waals surface area contributed by atoms with Crippen LogP contribution in [-0.4, -0.2) is 11.8 Å². The summed E-state index contributed by atoms with van der Waals surface area (Å²) in [5.41, 5.74) is 2.04. The molecule has 0 unspecified atom stereocenters. The number of rotatable bonds is 4. The van der Waals surface area contributed by atoms with Crippen molar-refractivity contribution < 1.29 is 5.21 Å². The summed E-state index contributed by atoms with van der Waals surface area (Å²) in [7, 11) is 0. The summed E-state index contributed by atoms with van der Waals surface area (Å²) in [4.78, 5) is 0. The smallest absolute Gasteiger partial charge is 0.0388 e. The largest absolute Gasteiger partial charge is 0.317 e. The minimum Gasteiger partial charge on any atom is -0.317 e. The van der Waals surface area contributed by atoms with Crippen LogP contribution in [0.3, 0.4) is 0 Å². The SMILES string of the molecule is CCCC=CCNO. The Hall–Kier alpha value is -0.340. The summed E-state index contributed by atoms with van der Waals surface area (Å²) < 4.78 is 0. The zero-order chi connectivity index (χ0) is 6.24.